The molecule has 6 heteroatoms. The van der Waals surface area contributed by atoms with Gasteiger partial charge in [0.1, 0.15) is 11.5 Å². The van der Waals surface area contributed by atoms with Crippen LogP contribution in [0.25, 0.3) is 0 Å². The van der Waals surface area contributed by atoms with Crippen LogP contribution < -0.4 is 4.74 Å². The molecule has 4 amide bonds. The van der Waals surface area contributed by atoms with E-state index in [1.54, 1.807) is 36.4 Å². The molecular weight excluding hydrogens is 296 g/mol. The van der Waals surface area contributed by atoms with Crippen molar-refractivity contribution < 1.29 is 19.1 Å². The minimum absolute atomic E-state index is 0.0171. The number of carbonyl (C=O) groups excluding carboxylic acids is 3. The average Bonchev–Trinajstić information content (AvgIpc) is 2.75. The lowest BCUT2D eigenvalue weighted by Crippen LogP contribution is -2.31. The Kier molecular flexibility index (Phi) is 3.80. The molecule has 0 aliphatic carbocycles. The molecule has 0 unspecified atom stereocenters. The maximum absolute atomic E-state index is 12.0. The van der Waals surface area contributed by atoms with Crippen molar-refractivity contribution in [3.8, 4) is 11.5 Å². The van der Waals surface area contributed by atoms with Crippen molar-refractivity contribution in [2.45, 2.75) is 6.54 Å². The highest BCUT2D eigenvalue weighted by molar-refractivity contribution is 6.44. The second-order valence-corrected chi connectivity index (χ2v) is 5.06. The SMILES string of the molecule is CN1C(=O)C(=O)N(Cc2ccccc2Oc2ccccc2)C1=O. The van der Waals surface area contributed by atoms with Crippen LogP contribution in [-0.2, 0) is 16.1 Å². The van der Waals surface area contributed by atoms with E-state index in [0.29, 0.717) is 17.1 Å². The fraction of sp³-hybridized carbons (Fsp3) is 0.118. The summed E-state index contributed by atoms with van der Waals surface area (Å²) in [4.78, 5) is 37.1. The van der Waals surface area contributed by atoms with Crippen LogP contribution in [0.3, 0.4) is 0 Å². The van der Waals surface area contributed by atoms with Crippen LogP contribution in [0, 0.1) is 0 Å². The predicted octanol–water partition coefficient (Wildman–Crippen LogP) is 2.40. The Hall–Kier alpha value is -3.15. The van der Waals surface area contributed by atoms with Gasteiger partial charge in [0.15, 0.2) is 0 Å². The molecule has 6 nitrogen and oxygen atoms in total. The van der Waals surface area contributed by atoms with Crippen molar-refractivity contribution >= 4 is 17.8 Å². The molecule has 0 saturated carbocycles. The highest BCUT2D eigenvalue weighted by Gasteiger charge is 2.42. The third-order valence-electron chi connectivity index (χ3n) is 3.52. The van der Waals surface area contributed by atoms with Gasteiger partial charge in [-0.2, -0.15) is 0 Å². The second-order valence-electron chi connectivity index (χ2n) is 5.06. The zero-order chi connectivity index (χ0) is 16.4. The molecule has 1 heterocycles. The van der Waals surface area contributed by atoms with Gasteiger partial charge in [0, 0.05) is 12.6 Å². The van der Waals surface area contributed by atoms with Crippen molar-refractivity contribution in [3.63, 3.8) is 0 Å². The summed E-state index contributed by atoms with van der Waals surface area (Å²) in [6, 6.07) is 15.6. The molecule has 23 heavy (non-hydrogen) atoms. The van der Waals surface area contributed by atoms with Gasteiger partial charge in [-0.15, -0.1) is 0 Å². The Labute approximate surface area is 132 Å². The van der Waals surface area contributed by atoms with Gasteiger partial charge >= 0.3 is 17.8 Å². The van der Waals surface area contributed by atoms with Gasteiger partial charge in [-0.05, 0) is 18.2 Å². The molecule has 0 bridgehead atoms. The molecule has 0 radical (unpaired) electrons. The van der Waals surface area contributed by atoms with Gasteiger partial charge in [0.05, 0.1) is 6.54 Å². The molecule has 1 fully saturated rings. The van der Waals surface area contributed by atoms with E-state index in [1.165, 1.54) is 7.05 Å². The number of hydrogen-bond donors (Lipinski definition) is 0. The zero-order valence-corrected chi connectivity index (χ0v) is 12.4. The van der Waals surface area contributed by atoms with E-state index in [0.717, 1.165) is 9.80 Å². The van der Waals surface area contributed by atoms with Crippen LogP contribution in [0.4, 0.5) is 4.79 Å². The van der Waals surface area contributed by atoms with E-state index in [9.17, 15) is 14.4 Å². The monoisotopic (exact) mass is 310 g/mol. The van der Waals surface area contributed by atoms with Gasteiger partial charge in [-0.3, -0.25) is 19.4 Å². The van der Waals surface area contributed by atoms with Gasteiger partial charge in [0.2, 0.25) is 0 Å². The van der Waals surface area contributed by atoms with E-state index < -0.39 is 17.8 Å². The number of carbonyl (C=O) groups is 3. The quantitative estimate of drug-likeness (QED) is 0.642. The number of ether oxygens (including phenoxy) is 1. The summed E-state index contributed by atoms with van der Waals surface area (Å²) in [7, 11) is 1.29. The molecule has 116 valence electrons. The zero-order valence-electron chi connectivity index (χ0n) is 12.4. The van der Waals surface area contributed by atoms with Crippen LogP contribution in [-0.4, -0.2) is 34.7 Å². The highest BCUT2D eigenvalue weighted by atomic mass is 16.5. The number of nitrogens with zero attached hydrogens (tertiary/aromatic N) is 2. The van der Waals surface area contributed by atoms with Crippen LogP contribution in [0.2, 0.25) is 0 Å². The van der Waals surface area contributed by atoms with E-state index in [-0.39, 0.29) is 6.54 Å². The Morgan fingerprint density at radius 2 is 1.52 bits per heavy atom. The van der Waals surface area contributed by atoms with Crippen molar-refractivity contribution in [3.05, 3.63) is 60.2 Å². The Morgan fingerprint density at radius 1 is 0.870 bits per heavy atom. The summed E-state index contributed by atoms with van der Waals surface area (Å²) in [5.41, 5.74) is 0.640. The molecule has 1 aliphatic heterocycles. The van der Waals surface area contributed by atoms with Crippen molar-refractivity contribution in [2.75, 3.05) is 7.05 Å². The first-order valence-corrected chi connectivity index (χ1v) is 7.02. The topological polar surface area (TPSA) is 66.9 Å². The minimum atomic E-state index is -0.827. The van der Waals surface area contributed by atoms with Crippen molar-refractivity contribution in [2.24, 2.45) is 0 Å². The number of urea groups is 1. The maximum atomic E-state index is 12.0. The third-order valence-corrected chi connectivity index (χ3v) is 3.52. The van der Waals surface area contributed by atoms with E-state index in [2.05, 4.69) is 0 Å². The molecule has 2 aromatic rings. The fourth-order valence-electron chi connectivity index (χ4n) is 2.27. The summed E-state index contributed by atoms with van der Waals surface area (Å²) in [6.07, 6.45) is 0. The number of para-hydroxylation sites is 2. The molecule has 2 aromatic carbocycles. The molecule has 1 aliphatic rings. The molecule has 0 spiro atoms. The van der Waals surface area contributed by atoms with Crippen LogP contribution in [0.15, 0.2) is 54.6 Å². The molecular formula is C17H14N2O4. The minimum Gasteiger partial charge on any atom is -0.457 e. The smallest absolute Gasteiger partial charge is 0.334 e. The lowest BCUT2D eigenvalue weighted by molar-refractivity contribution is -0.143. The van der Waals surface area contributed by atoms with Crippen LogP contribution >= 0.6 is 0 Å². The molecule has 0 N–H and O–H groups in total. The van der Waals surface area contributed by atoms with E-state index >= 15 is 0 Å². The molecule has 0 aromatic heterocycles. The van der Waals surface area contributed by atoms with E-state index in [4.69, 9.17) is 4.74 Å². The van der Waals surface area contributed by atoms with Gasteiger partial charge in [-0.25, -0.2) is 4.79 Å². The summed E-state index contributed by atoms with van der Waals surface area (Å²) in [6.45, 7) is -0.0171. The number of amides is 4. The van der Waals surface area contributed by atoms with Crippen LogP contribution in [0.5, 0.6) is 11.5 Å². The lowest BCUT2D eigenvalue weighted by atomic mass is 10.2. The molecule has 1 saturated heterocycles. The number of hydrogen-bond acceptors (Lipinski definition) is 4. The Balaban J connectivity index is 1.85. The summed E-state index contributed by atoms with van der Waals surface area (Å²) in [5, 5.41) is 0. The second kappa shape index (κ2) is 5.92. The van der Waals surface area contributed by atoms with E-state index in [1.807, 2.05) is 18.2 Å². The van der Waals surface area contributed by atoms with Gasteiger partial charge < -0.3 is 4.74 Å². The Bertz CT molecular complexity index is 773. The average molecular weight is 310 g/mol. The third kappa shape index (κ3) is 2.78. The largest absolute Gasteiger partial charge is 0.457 e. The molecule has 3 rings (SSSR count). The summed E-state index contributed by atoms with van der Waals surface area (Å²) < 4.78 is 5.80. The standard InChI is InChI=1S/C17H14N2O4/c1-18-15(20)16(21)19(17(18)22)11-12-7-5-6-10-14(12)23-13-8-3-2-4-9-13/h2-10H,11H2,1H3. The van der Waals surface area contributed by atoms with Crippen LogP contribution in [0.1, 0.15) is 5.56 Å². The summed E-state index contributed by atoms with van der Waals surface area (Å²) >= 11 is 0. The first-order chi connectivity index (χ1) is 11.1. The number of imide groups is 2. The Morgan fingerprint density at radius 3 is 2.17 bits per heavy atom. The predicted molar refractivity (Wildman–Crippen MR) is 81.7 cm³/mol. The van der Waals surface area contributed by atoms with Gasteiger partial charge in [-0.1, -0.05) is 36.4 Å². The number of rotatable bonds is 4. The number of benzene rings is 2. The first-order valence-electron chi connectivity index (χ1n) is 7.02. The summed E-state index contributed by atoms with van der Waals surface area (Å²) in [5.74, 6) is -0.475. The first kappa shape index (κ1) is 14.8. The van der Waals surface area contributed by atoms with Crippen molar-refractivity contribution in [1.29, 1.82) is 0 Å². The van der Waals surface area contributed by atoms with Crippen molar-refractivity contribution in [1.82, 2.24) is 9.80 Å². The number of likely N-dealkylation sites (N-methyl/N-ethyl adjacent to an activating group) is 1. The van der Waals surface area contributed by atoms with Gasteiger partial charge in [0.25, 0.3) is 0 Å². The highest BCUT2D eigenvalue weighted by Crippen LogP contribution is 2.27. The normalized spacial score (nSPS) is 14.6. The maximum Gasteiger partial charge on any atom is 0.334 e. The fourth-order valence-corrected chi connectivity index (χ4v) is 2.27. The lowest BCUT2D eigenvalue weighted by Gasteiger charge is -2.16. The molecule has 0 atom stereocenters.